The SMILES string of the molecule is CNCc1cc2ccccc2n1CCOc1ccccc1. The van der Waals surface area contributed by atoms with Gasteiger partial charge in [0, 0.05) is 17.8 Å². The van der Waals surface area contributed by atoms with E-state index < -0.39 is 0 Å². The molecular formula is C18H20N2O. The number of hydrogen-bond donors (Lipinski definition) is 1. The monoisotopic (exact) mass is 280 g/mol. The smallest absolute Gasteiger partial charge is 0.119 e. The first-order valence-corrected chi connectivity index (χ1v) is 7.28. The zero-order valence-corrected chi connectivity index (χ0v) is 12.3. The summed E-state index contributed by atoms with van der Waals surface area (Å²) in [6.07, 6.45) is 0. The largest absolute Gasteiger partial charge is 0.492 e. The molecule has 0 unspecified atom stereocenters. The molecule has 108 valence electrons. The van der Waals surface area contributed by atoms with Crippen molar-refractivity contribution in [2.75, 3.05) is 13.7 Å². The van der Waals surface area contributed by atoms with Crippen molar-refractivity contribution < 1.29 is 4.74 Å². The lowest BCUT2D eigenvalue weighted by Crippen LogP contribution is -2.14. The highest BCUT2D eigenvalue weighted by molar-refractivity contribution is 5.81. The first-order chi connectivity index (χ1) is 10.4. The fraction of sp³-hybridized carbons (Fsp3) is 0.222. The van der Waals surface area contributed by atoms with Crippen molar-refractivity contribution in [3.63, 3.8) is 0 Å². The van der Waals surface area contributed by atoms with Gasteiger partial charge in [0.1, 0.15) is 12.4 Å². The third-order valence-corrected chi connectivity index (χ3v) is 3.58. The number of rotatable bonds is 6. The van der Waals surface area contributed by atoms with Gasteiger partial charge in [-0.1, -0.05) is 36.4 Å². The minimum Gasteiger partial charge on any atom is -0.492 e. The Kier molecular flexibility index (Phi) is 4.22. The molecule has 0 bridgehead atoms. The number of aromatic nitrogens is 1. The Morgan fingerprint density at radius 3 is 2.57 bits per heavy atom. The normalized spacial score (nSPS) is 10.9. The van der Waals surface area contributed by atoms with Crippen LogP contribution in [0.3, 0.4) is 0 Å². The summed E-state index contributed by atoms with van der Waals surface area (Å²) in [5.74, 6) is 0.920. The molecule has 0 saturated heterocycles. The number of nitrogens with one attached hydrogen (secondary N) is 1. The third kappa shape index (κ3) is 3.09. The molecule has 0 atom stereocenters. The van der Waals surface area contributed by atoms with Crippen LogP contribution in [0.5, 0.6) is 5.75 Å². The van der Waals surface area contributed by atoms with Gasteiger partial charge in [0.25, 0.3) is 0 Å². The van der Waals surface area contributed by atoms with Gasteiger partial charge >= 0.3 is 0 Å². The first-order valence-electron chi connectivity index (χ1n) is 7.28. The van der Waals surface area contributed by atoms with Gasteiger partial charge < -0.3 is 14.6 Å². The summed E-state index contributed by atoms with van der Waals surface area (Å²) in [4.78, 5) is 0. The maximum Gasteiger partial charge on any atom is 0.119 e. The fourth-order valence-corrected chi connectivity index (χ4v) is 2.63. The van der Waals surface area contributed by atoms with E-state index in [1.165, 1.54) is 16.6 Å². The van der Waals surface area contributed by atoms with Crippen molar-refractivity contribution in [1.29, 1.82) is 0 Å². The van der Waals surface area contributed by atoms with Crippen LogP contribution in [-0.4, -0.2) is 18.2 Å². The molecule has 0 saturated carbocycles. The Morgan fingerprint density at radius 2 is 1.76 bits per heavy atom. The van der Waals surface area contributed by atoms with E-state index in [2.05, 4.69) is 40.2 Å². The van der Waals surface area contributed by atoms with Crippen LogP contribution in [0.4, 0.5) is 0 Å². The maximum atomic E-state index is 5.82. The van der Waals surface area contributed by atoms with Crippen LogP contribution in [0.25, 0.3) is 10.9 Å². The van der Waals surface area contributed by atoms with E-state index in [9.17, 15) is 0 Å². The maximum absolute atomic E-state index is 5.82. The Labute approximate surface area is 125 Å². The van der Waals surface area contributed by atoms with Gasteiger partial charge in [0.05, 0.1) is 6.54 Å². The molecule has 0 radical (unpaired) electrons. The highest BCUT2D eigenvalue weighted by atomic mass is 16.5. The van der Waals surface area contributed by atoms with Gasteiger partial charge in [0.2, 0.25) is 0 Å². The summed E-state index contributed by atoms with van der Waals surface area (Å²) in [5.41, 5.74) is 2.55. The van der Waals surface area contributed by atoms with Crippen LogP contribution in [0.2, 0.25) is 0 Å². The quantitative estimate of drug-likeness (QED) is 0.748. The number of hydrogen-bond acceptors (Lipinski definition) is 2. The van der Waals surface area contributed by atoms with Crippen LogP contribution in [-0.2, 0) is 13.1 Å². The van der Waals surface area contributed by atoms with Crippen LogP contribution in [0, 0.1) is 0 Å². The second-order valence-electron chi connectivity index (χ2n) is 5.04. The third-order valence-electron chi connectivity index (χ3n) is 3.58. The summed E-state index contributed by atoms with van der Waals surface area (Å²) in [7, 11) is 1.97. The van der Waals surface area contributed by atoms with Gasteiger partial charge in [-0.15, -0.1) is 0 Å². The standard InChI is InChI=1S/C18H20N2O/c1-19-14-16-13-15-7-5-6-10-18(15)20(16)11-12-21-17-8-3-2-4-9-17/h2-10,13,19H,11-12,14H2,1H3. The molecule has 0 aliphatic carbocycles. The summed E-state index contributed by atoms with van der Waals surface area (Å²) in [6, 6.07) is 20.7. The molecule has 3 nitrogen and oxygen atoms in total. The molecular weight excluding hydrogens is 260 g/mol. The Morgan fingerprint density at radius 1 is 1.00 bits per heavy atom. The average Bonchev–Trinajstić information content (AvgIpc) is 2.87. The highest BCUT2D eigenvalue weighted by Gasteiger charge is 2.07. The second-order valence-corrected chi connectivity index (χ2v) is 5.04. The second kappa shape index (κ2) is 6.46. The summed E-state index contributed by atoms with van der Waals surface area (Å²) in [5, 5.41) is 4.51. The molecule has 0 fully saturated rings. The molecule has 3 aromatic rings. The minimum absolute atomic E-state index is 0.666. The van der Waals surface area contributed by atoms with Gasteiger partial charge in [-0.05, 0) is 36.7 Å². The van der Waals surface area contributed by atoms with E-state index in [-0.39, 0.29) is 0 Å². The van der Waals surface area contributed by atoms with Crippen molar-refractivity contribution in [2.45, 2.75) is 13.1 Å². The van der Waals surface area contributed by atoms with Crippen LogP contribution >= 0.6 is 0 Å². The zero-order chi connectivity index (χ0) is 14.5. The number of nitrogens with zero attached hydrogens (tertiary/aromatic N) is 1. The predicted octanol–water partition coefficient (Wildman–Crippen LogP) is 3.44. The van der Waals surface area contributed by atoms with Gasteiger partial charge in [-0.3, -0.25) is 0 Å². The number of fused-ring (bicyclic) bond motifs is 1. The lowest BCUT2D eigenvalue weighted by atomic mass is 10.2. The average molecular weight is 280 g/mol. The molecule has 0 aliphatic rings. The van der Waals surface area contributed by atoms with Gasteiger partial charge in [-0.25, -0.2) is 0 Å². The molecule has 0 aliphatic heterocycles. The van der Waals surface area contributed by atoms with Crippen molar-refractivity contribution in [2.24, 2.45) is 0 Å². The van der Waals surface area contributed by atoms with Crippen molar-refractivity contribution in [1.82, 2.24) is 9.88 Å². The predicted molar refractivity (Wildman–Crippen MR) is 86.6 cm³/mol. The van der Waals surface area contributed by atoms with Crippen molar-refractivity contribution in [3.05, 3.63) is 66.4 Å². The van der Waals surface area contributed by atoms with E-state index in [0.29, 0.717) is 6.61 Å². The number of ether oxygens (including phenoxy) is 1. The number of para-hydroxylation sites is 2. The fourth-order valence-electron chi connectivity index (χ4n) is 2.63. The van der Waals surface area contributed by atoms with Crippen molar-refractivity contribution in [3.8, 4) is 5.75 Å². The van der Waals surface area contributed by atoms with E-state index in [4.69, 9.17) is 4.74 Å². The van der Waals surface area contributed by atoms with Crippen LogP contribution < -0.4 is 10.1 Å². The Balaban J connectivity index is 1.77. The minimum atomic E-state index is 0.666. The molecule has 3 heteroatoms. The Bertz CT molecular complexity index is 704. The molecule has 3 rings (SSSR count). The molecule has 0 spiro atoms. The van der Waals surface area contributed by atoms with Crippen molar-refractivity contribution >= 4 is 10.9 Å². The van der Waals surface area contributed by atoms with E-state index in [1.807, 2.05) is 37.4 Å². The Hall–Kier alpha value is -2.26. The number of benzene rings is 2. The van der Waals surface area contributed by atoms with E-state index in [0.717, 1.165) is 18.8 Å². The van der Waals surface area contributed by atoms with Crippen LogP contribution in [0.15, 0.2) is 60.7 Å². The van der Waals surface area contributed by atoms with E-state index >= 15 is 0 Å². The highest BCUT2D eigenvalue weighted by Crippen LogP contribution is 2.20. The lowest BCUT2D eigenvalue weighted by molar-refractivity contribution is 0.298. The van der Waals surface area contributed by atoms with Gasteiger partial charge in [0.15, 0.2) is 0 Å². The zero-order valence-electron chi connectivity index (χ0n) is 12.3. The summed E-state index contributed by atoms with van der Waals surface area (Å²) < 4.78 is 8.15. The summed E-state index contributed by atoms with van der Waals surface area (Å²) in [6.45, 7) is 2.37. The molecule has 2 aromatic carbocycles. The lowest BCUT2D eigenvalue weighted by Gasteiger charge is -2.12. The molecule has 1 N–H and O–H groups in total. The molecule has 0 amide bonds. The molecule has 1 heterocycles. The molecule has 21 heavy (non-hydrogen) atoms. The topological polar surface area (TPSA) is 26.2 Å². The van der Waals surface area contributed by atoms with E-state index in [1.54, 1.807) is 0 Å². The van der Waals surface area contributed by atoms with Crippen LogP contribution in [0.1, 0.15) is 5.69 Å². The molecule has 1 aromatic heterocycles. The van der Waals surface area contributed by atoms with Gasteiger partial charge in [-0.2, -0.15) is 0 Å². The first kappa shape index (κ1) is 13.7. The summed E-state index contributed by atoms with van der Waals surface area (Å²) >= 11 is 0.